The molecule has 0 spiro atoms. The van der Waals surface area contributed by atoms with Crippen molar-refractivity contribution >= 4 is 23.7 Å². The van der Waals surface area contributed by atoms with Crippen molar-refractivity contribution in [3.63, 3.8) is 0 Å². The molecular formula is C14H14ClN3O. The number of carbonyl (C=O) groups is 1. The molecule has 1 aromatic carbocycles. The molecular weight excluding hydrogens is 262 g/mol. The summed E-state index contributed by atoms with van der Waals surface area (Å²) in [7, 11) is 1.87. The molecule has 19 heavy (non-hydrogen) atoms. The Morgan fingerprint density at radius 2 is 1.95 bits per heavy atom. The van der Waals surface area contributed by atoms with Crippen LogP contribution in [-0.4, -0.2) is 23.3 Å². The molecule has 98 valence electrons. The number of halogens is 1. The minimum absolute atomic E-state index is 0.177. The standard InChI is InChI=1S/C14H14ClN3O/c1-10-3-5-11(6-4-10)7-18(2)14-12(8-19)13(15)16-9-17-14/h3-6,8-9H,7H2,1-2H3. The zero-order valence-corrected chi connectivity index (χ0v) is 11.6. The van der Waals surface area contributed by atoms with E-state index < -0.39 is 0 Å². The lowest BCUT2D eigenvalue weighted by Crippen LogP contribution is -2.19. The summed E-state index contributed by atoms with van der Waals surface area (Å²) in [5.74, 6) is 0.538. The molecule has 2 aromatic rings. The zero-order chi connectivity index (χ0) is 13.8. The predicted octanol–water partition coefficient (Wildman–Crippen LogP) is 2.89. The van der Waals surface area contributed by atoms with Gasteiger partial charge in [0.2, 0.25) is 0 Å². The molecule has 5 heteroatoms. The van der Waals surface area contributed by atoms with Crippen LogP contribution in [0.25, 0.3) is 0 Å². The topological polar surface area (TPSA) is 46.1 Å². The van der Waals surface area contributed by atoms with Crippen LogP contribution in [0.5, 0.6) is 0 Å². The third-order valence-electron chi connectivity index (χ3n) is 2.83. The highest BCUT2D eigenvalue weighted by atomic mass is 35.5. The SMILES string of the molecule is Cc1ccc(CN(C)c2ncnc(Cl)c2C=O)cc1. The van der Waals surface area contributed by atoms with Gasteiger partial charge in [-0.3, -0.25) is 4.79 Å². The van der Waals surface area contributed by atoms with Gasteiger partial charge in [0.05, 0.1) is 5.56 Å². The average Bonchev–Trinajstić information content (AvgIpc) is 2.41. The van der Waals surface area contributed by atoms with Crippen LogP contribution >= 0.6 is 11.6 Å². The molecule has 0 bridgehead atoms. The maximum absolute atomic E-state index is 11.1. The smallest absolute Gasteiger partial charge is 0.156 e. The van der Waals surface area contributed by atoms with Crippen LogP contribution in [0.4, 0.5) is 5.82 Å². The first kappa shape index (κ1) is 13.5. The van der Waals surface area contributed by atoms with Crippen molar-refractivity contribution in [2.75, 3.05) is 11.9 Å². The molecule has 0 unspecified atom stereocenters. The summed E-state index contributed by atoms with van der Waals surface area (Å²) in [5.41, 5.74) is 2.67. The molecule has 0 N–H and O–H groups in total. The van der Waals surface area contributed by atoms with Crippen molar-refractivity contribution in [3.8, 4) is 0 Å². The second kappa shape index (κ2) is 5.80. The van der Waals surface area contributed by atoms with E-state index in [-0.39, 0.29) is 5.15 Å². The molecule has 0 aliphatic carbocycles. The van der Waals surface area contributed by atoms with Gasteiger partial charge in [-0.15, -0.1) is 0 Å². The number of hydrogen-bond acceptors (Lipinski definition) is 4. The van der Waals surface area contributed by atoms with Gasteiger partial charge in [0.1, 0.15) is 17.3 Å². The quantitative estimate of drug-likeness (QED) is 0.636. The number of anilines is 1. The van der Waals surface area contributed by atoms with Gasteiger partial charge in [0, 0.05) is 13.6 Å². The number of hydrogen-bond donors (Lipinski definition) is 0. The molecule has 0 saturated carbocycles. The Hall–Kier alpha value is -1.94. The third kappa shape index (κ3) is 3.09. The lowest BCUT2D eigenvalue weighted by molar-refractivity contribution is 0.112. The van der Waals surface area contributed by atoms with Gasteiger partial charge in [0.15, 0.2) is 6.29 Å². The summed E-state index contributed by atoms with van der Waals surface area (Å²) in [6.45, 7) is 2.69. The molecule has 0 atom stereocenters. The molecule has 0 saturated heterocycles. The van der Waals surface area contributed by atoms with Crippen LogP contribution in [0.15, 0.2) is 30.6 Å². The number of nitrogens with zero attached hydrogens (tertiary/aromatic N) is 3. The van der Waals surface area contributed by atoms with Gasteiger partial charge in [0.25, 0.3) is 0 Å². The number of aldehydes is 1. The fourth-order valence-corrected chi connectivity index (χ4v) is 1.99. The number of aromatic nitrogens is 2. The van der Waals surface area contributed by atoms with Crippen molar-refractivity contribution < 1.29 is 4.79 Å². The van der Waals surface area contributed by atoms with E-state index in [9.17, 15) is 4.79 Å². The highest BCUT2D eigenvalue weighted by Gasteiger charge is 2.13. The van der Waals surface area contributed by atoms with Crippen molar-refractivity contribution in [2.24, 2.45) is 0 Å². The first-order valence-electron chi connectivity index (χ1n) is 5.84. The Morgan fingerprint density at radius 1 is 1.26 bits per heavy atom. The largest absolute Gasteiger partial charge is 0.355 e. The first-order valence-corrected chi connectivity index (χ1v) is 6.22. The minimum atomic E-state index is 0.177. The zero-order valence-electron chi connectivity index (χ0n) is 10.8. The van der Waals surface area contributed by atoms with E-state index in [1.54, 1.807) is 0 Å². The Labute approximate surface area is 117 Å². The Bertz CT molecular complexity index is 584. The molecule has 0 amide bonds. The molecule has 2 rings (SSSR count). The van der Waals surface area contributed by atoms with Crippen molar-refractivity contribution in [1.82, 2.24) is 9.97 Å². The third-order valence-corrected chi connectivity index (χ3v) is 3.14. The van der Waals surface area contributed by atoms with Crippen LogP contribution in [0.3, 0.4) is 0 Å². The van der Waals surface area contributed by atoms with Crippen LogP contribution in [0, 0.1) is 6.92 Å². The van der Waals surface area contributed by atoms with E-state index >= 15 is 0 Å². The van der Waals surface area contributed by atoms with E-state index in [1.165, 1.54) is 11.9 Å². The molecule has 1 heterocycles. The van der Waals surface area contributed by atoms with Crippen molar-refractivity contribution in [3.05, 3.63) is 52.4 Å². The van der Waals surface area contributed by atoms with E-state index in [0.29, 0.717) is 24.2 Å². The van der Waals surface area contributed by atoms with E-state index in [2.05, 4.69) is 34.2 Å². The monoisotopic (exact) mass is 275 g/mol. The van der Waals surface area contributed by atoms with E-state index in [4.69, 9.17) is 11.6 Å². The fraction of sp³-hybridized carbons (Fsp3) is 0.214. The second-order valence-electron chi connectivity index (χ2n) is 4.36. The average molecular weight is 276 g/mol. The summed E-state index contributed by atoms with van der Waals surface area (Å²) < 4.78 is 0. The van der Waals surface area contributed by atoms with Crippen LogP contribution in [-0.2, 0) is 6.54 Å². The van der Waals surface area contributed by atoms with Gasteiger partial charge in [-0.25, -0.2) is 9.97 Å². The van der Waals surface area contributed by atoms with Gasteiger partial charge in [-0.1, -0.05) is 41.4 Å². The van der Waals surface area contributed by atoms with Gasteiger partial charge in [-0.2, -0.15) is 0 Å². The van der Waals surface area contributed by atoms with Gasteiger partial charge >= 0.3 is 0 Å². The molecule has 1 aromatic heterocycles. The summed E-state index contributed by atoms with van der Waals surface area (Å²) in [4.78, 5) is 20.9. The first-order chi connectivity index (χ1) is 9.11. The molecule has 4 nitrogen and oxygen atoms in total. The van der Waals surface area contributed by atoms with Crippen LogP contribution in [0.2, 0.25) is 5.15 Å². The van der Waals surface area contributed by atoms with Crippen LogP contribution < -0.4 is 4.90 Å². The number of rotatable bonds is 4. The molecule has 0 aliphatic rings. The normalized spacial score (nSPS) is 10.3. The predicted molar refractivity (Wildman–Crippen MR) is 75.7 cm³/mol. The minimum Gasteiger partial charge on any atom is -0.355 e. The maximum Gasteiger partial charge on any atom is 0.156 e. The fourth-order valence-electron chi connectivity index (χ4n) is 1.81. The van der Waals surface area contributed by atoms with Crippen LogP contribution in [0.1, 0.15) is 21.5 Å². The Morgan fingerprint density at radius 3 is 2.58 bits per heavy atom. The second-order valence-corrected chi connectivity index (χ2v) is 4.72. The highest BCUT2D eigenvalue weighted by Crippen LogP contribution is 2.21. The summed E-state index contributed by atoms with van der Waals surface area (Å²) in [5, 5.41) is 0.177. The van der Waals surface area contributed by atoms with Gasteiger partial charge in [-0.05, 0) is 12.5 Å². The van der Waals surface area contributed by atoms with Crippen molar-refractivity contribution in [2.45, 2.75) is 13.5 Å². The number of carbonyl (C=O) groups excluding carboxylic acids is 1. The number of benzene rings is 1. The number of aryl methyl sites for hydroxylation is 1. The highest BCUT2D eigenvalue weighted by molar-refractivity contribution is 6.32. The Balaban J connectivity index is 2.25. The van der Waals surface area contributed by atoms with Gasteiger partial charge < -0.3 is 4.90 Å². The molecule has 0 fully saturated rings. The van der Waals surface area contributed by atoms with E-state index in [1.807, 2.05) is 18.9 Å². The molecule has 0 radical (unpaired) electrons. The van der Waals surface area contributed by atoms with Crippen molar-refractivity contribution in [1.29, 1.82) is 0 Å². The lowest BCUT2D eigenvalue weighted by atomic mass is 10.1. The summed E-state index contributed by atoms with van der Waals surface area (Å²) in [6.07, 6.45) is 2.04. The summed E-state index contributed by atoms with van der Waals surface area (Å²) >= 11 is 5.89. The Kier molecular flexibility index (Phi) is 4.12. The molecule has 0 aliphatic heterocycles. The maximum atomic E-state index is 11.1. The summed E-state index contributed by atoms with van der Waals surface area (Å²) in [6, 6.07) is 8.21. The lowest BCUT2D eigenvalue weighted by Gasteiger charge is -2.19. The van der Waals surface area contributed by atoms with E-state index in [0.717, 1.165) is 5.56 Å².